The van der Waals surface area contributed by atoms with E-state index in [0.717, 1.165) is 23.9 Å². The van der Waals surface area contributed by atoms with E-state index in [-0.39, 0.29) is 22.9 Å². The summed E-state index contributed by atoms with van der Waals surface area (Å²) in [6.07, 6.45) is 0.132. The fourth-order valence-corrected chi connectivity index (χ4v) is 1.93. The molecule has 1 aromatic heterocycles. The highest BCUT2D eigenvalue weighted by Gasteiger charge is 2.10. The van der Waals surface area contributed by atoms with E-state index in [1.807, 2.05) is 0 Å². The van der Waals surface area contributed by atoms with Gasteiger partial charge in [-0.3, -0.25) is 9.89 Å². The number of carbonyl (C=O) groups is 1. The molecule has 0 aliphatic carbocycles. The Labute approximate surface area is 111 Å². The van der Waals surface area contributed by atoms with Gasteiger partial charge >= 0.3 is 5.97 Å². The average Bonchev–Trinajstić information content (AvgIpc) is 2.78. The van der Waals surface area contributed by atoms with Gasteiger partial charge in [0.15, 0.2) is 0 Å². The van der Waals surface area contributed by atoms with E-state index in [1.165, 1.54) is 6.07 Å². The van der Waals surface area contributed by atoms with E-state index in [0.29, 0.717) is 5.82 Å². The van der Waals surface area contributed by atoms with Crippen molar-refractivity contribution in [3.63, 3.8) is 0 Å². The van der Waals surface area contributed by atoms with Crippen LogP contribution in [0.4, 0.5) is 8.78 Å². The number of carboxylic acid groups (broad SMARTS) is 1. The molecule has 0 atom stereocenters. The number of aromatic amines is 1. The lowest BCUT2D eigenvalue weighted by molar-refractivity contribution is -0.133. The zero-order valence-electron chi connectivity index (χ0n) is 9.56. The lowest BCUT2D eigenvalue weighted by atomic mass is 10.1. The SMILES string of the molecule is O=C(O)CSc1n[nH]c(Cc2ccc(F)cc2F)n1. The number of aromatic nitrogens is 3. The lowest BCUT2D eigenvalue weighted by Crippen LogP contribution is -1.98. The Hall–Kier alpha value is -1.96. The van der Waals surface area contributed by atoms with Gasteiger partial charge in [-0.05, 0) is 11.6 Å². The summed E-state index contributed by atoms with van der Waals surface area (Å²) in [7, 11) is 0. The van der Waals surface area contributed by atoms with E-state index in [2.05, 4.69) is 15.2 Å². The normalized spacial score (nSPS) is 10.6. The maximum atomic E-state index is 13.4. The number of nitrogens with one attached hydrogen (secondary N) is 1. The molecule has 2 N–H and O–H groups in total. The topological polar surface area (TPSA) is 78.9 Å². The Bertz CT molecular complexity index is 603. The molecule has 2 rings (SSSR count). The molecule has 2 aromatic rings. The highest BCUT2D eigenvalue weighted by Crippen LogP contribution is 2.15. The molecule has 0 saturated heterocycles. The summed E-state index contributed by atoms with van der Waals surface area (Å²) in [6.45, 7) is 0. The average molecular weight is 285 g/mol. The van der Waals surface area contributed by atoms with Gasteiger partial charge in [0, 0.05) is 12.5 Å². The summed E-state index contributed by atoms with van der Waals surface area (Å²) in [4.78, 5) is 14.4. The molecular weight excluding hydrogens is 276 g/mol. The van der Waals surface area contributed by atoms with Crippen LogP contribution in [-0.4, -0.2) is 32.0 Å². The monoisotopic (exact) mass is 285 g/mol. The highest BCUT2D eigenvalue weighted by molar-refractivity contribution is 7.99. The number of H-pyrrole nitrogens is 1. The van der Waals surface area contributed by atoms with Gasteiger partial charge in [0.25, 0.3) is 0 Å². The van der Waals surface area contributed by atoms with Gasteiger partial charge in [-0.25, -0.2) is 13.8 Å². The standard InChI is InChI=1S/C11H9F2N3O2S/c12-7-2-1-6(8(13)4-7)3-9-14-11(16-15-9)19-5-10(17)18/h1-2,4H,3,5H2,(H,17,18)(H,14,15,16). The van der Waals surface area contributed by atoms with Crippen molar-refractivity contribution in [3.8, 4) is 0 Å². The number of hydrogen-bond acceptors (Lipinski definition) is 4. The first-order valence-electron chi connectivity index (χ1n) is 5.24. The number of rotatable bonds is 5. The largest absolute Gasteiger partial charge is 0.481 e. The zero-order chi connectivity index (χ0) is 13.8. The van der Waals surface area contributed by atoms with Crippen molar-refractivity contribution >= 4 is 17.7 Å². The van der Waals surface area contributed by atoms with Crippen LogP contribution in [0.5, 0.6) is 0 Å². The number of halogens is 2. The van der Waals surface area contributed by atoms with Crippen LogP contribution < -0.4 is 0 Å². The van der Waals surface area contributed by atoms with Crippen LogP contribution in [0.3, 0.4) is 0 Å². The molecule has 100 valence electrons. The number of nitrogens with zero attached hydrogens (tertiary/aromatic N) is 2. The first-order valence-corrected chi connectivity index (χ1v) is 6.23. The van der Waals surface area contributed by atoms with Gasteiger partial charge < -0.3 is 5.11 Å². The Balaban J connectivity index is 2.05. The lowest BCUT2D eigenvalue weighted by Gasteiger charge is -1.99. The van der Waals surface area contributed by atoms with Crippen molar-refractivity contribution in [3.05, 3.63) is 41.2 Å². The van der Waals surface area contributed by atoms with E-state index in [1.54, 1.807) is 0 Å². The first kappa shape index (κ1) is 13.5. The van der Waals surface area contributed by atoms with Crippen LogP contribution >= 0.6 is 11.8 Å². The maximum Gasteiger partial charge on any atom is 0.313 e. The minimum absolute atomic E-state index is 0.132. The molecule has 0 amide bonds. The molecule has 0 bridgehead atoms. The van der Waals surface area contributed by atoms with Gasteiger partial charge in [0.1, 0.15) is 17.5 Å². The second-order valence-electron chi connectivity index (χ2n) is 3.66. The second-order valence-corrected chi connectivity index (χ2v) is 4.60. The predicted molar refractivity (Wildman–Crippen MR) is 63.9 cm³/mol. The molecule has 1 aromatic carbocycles. The van der Waals surface area contributed by atoms with E-state index in [9.17, 15) is 13.6 Å². The summed E-state index contributed by atoms with van der Waals surface area (Å²) in [5.74, 6) is -2.03. The fraction of sp³-hybridized carbons (Fsp3) is 0.182. The Morgan fingerprint density at radius 3 is 2.89 bits per heavy atom. The van der Waals surface area contributed by atoms with Crippen molar-refractivity contribution in [2.75, 3.05) is 5.75 Å². The van der Waals surface area contributed by atoms with Crippen molar-refractivity contribution in [1.82, 2.24) is 15.2 Å². The van der Waals surface area contributed by atoms with Crippen LogP contribution in [0, 0.1) is 11.6 Å². The number of carboxylic acids is 1. The summed E-state index contributed by atoms with van der Waals surface area (Å²) in [6, 6.07) is 3.29. The summed E-state index contributed by atoms with van der Waals surface area (Å²) < 4.78 is 26.1. The fourth-order valence-electron chi connectivity index (χ4n) is 1.39. The Morgan fingerprint density at radius 1 is 1.42 bits per heavy atom. The summed E-state index contributed by atoms with van der Waals surface area (Å²) in [5, 5.41) is 15.2. The van der Waals surface area contributed by atoms with E-state index < -0.39 is 17.6 Å². The van der Waals surface area contributed by atoms with Gasteiger partial charge in [-0.15, -0.1) is 5.10 Å². The number of hydrogen-bond donors (Lipinski definition) is 2. The summed E-state index contributed by atoms with van der Waals surface area (Å²) in [5.41, 5.74) is 0.285. The quantitative estimate of drug-likeness (QED) is 0.820. The van der Waals surface area contributed by atoms with Crippen molar-refractivity contribution in [2.45, 2.75) is 11.6 Å². The molecule has 1 heterocycles. The van der Waals surface area contributed by atoms with Gasteiger partial charge in [-0.1, -0.05) is 17.8 Å². The number of aliphatic carboxylic acids is 1. The van der Waals surface area contributed by atoms with E-state index >= 15 is 0 Å². The van der Waals surface area contributed by atoms with Crippen LogP contribution in [0.1, 0.15) is 11.4 Å². The molecule has 0 saturated carbocycles. The predicted octanol–water partition coefficient (Wildman–Crippen LogP) is 1.85. The molecule has 0 unspecified atom stereocenters. The van der Waals surface area contributed by atoms with Crippen LogP contribution in [0.15, 0.2) is 23.4 Å². The molecule has 5 nitrogen and oxygen atoms in total. The molecule has 0 spiro atoms. The third kappa shape index (κ3) is 3.75. The third-order valence-corrected chi connectivity index (χ3v) is 3.04. The smallest absolute Gasteiger partial charge is 0.313 e. The van der Waals surface area contributed by atoms with Gasteiger partial charge in [-0.2, -0.15) is 0 Å². The minimum atomic E-state index is -0.971. The van der Waals surface area contributed by atoms with Crippen molar-refractivity contribution in [1.29, 1.82) is 0 Å². The van der Waals surface area contributed by atoms with Crippen LogP contribution in [-0.2, 0) is 11.2 Å². The molecule has 19 heavy (non-hydrogen) atoms. The maximum absolute atomic E-state index is 13.4. The summed E-state index contributed by atoms with van der Waals surface area (Å²) >= 11 is 0.960. The first-order chi connectivity index (χ1) is 9.04. The third-order valence-electron chi connectivity index (χ3n) is 2.21. The number of thioether (sulfide) groups is 1. The molecule has 8 heteroatoms. The van der Waals surface area contributed by atoms with Gasteiger partial charge in [0.05, 0.1) is 5.75 Å². The van der Waals surface area contributed by atoms with Crippen LogP contribution in [0.2, 0.25) is 0 Å². The van der Waals surface area contributed by atoms with Gasteiger partial charge in [0.2, 0.25) is 5.16 Å². The van der Waals surface area contributed by atoms with Crippen LogP contribution in [0.25, 0.3) is 0 Å². The Morgan fingerprint density at radius 2 is 2.21 bits per heavy atom. The molecule has 0 aliphatic heterocycles. The second kappa shape index (κ2) is 5.79. The van der Waals surface area contributed by atoms with E-state index in [4.69, 9.17) is 5.11 Å². The minimum Gasteiger partial charge on any atom is -0.481 e. The zero-order valence-corrected chi connectivity index (χ0v) is 10.4. The Kier molecular flexibility index (Phi) is 4.10. The van der Waals surface area contributed by atoms with Crippen molar-refractivity contribution < 1.29 is 18.7 Å². The molecule has 0 radical (unpaired) electrons. The highest BCUT2D eigenvalue weighted by atomic mass is 32.2. The molecular formula is C11H9F2N3O2S. The number of benzene rings is 1. The molecule has 0 aliphatic rings. The van der Waals surface area contributed by atoms with Crippen molar-refractivity contribution in [2.24, 2.45) is 0 Å². The molecule has 0 fully saturated rings.